The summed E-state index contributed by atoms with van der Waals surface area (Å²) >= 11 is 0. The van der Waals surface area contributed by atoms with E-state index in [1.54, 1.807) is 59.7 Å². The molecule has 1 fully saturated rings. The summed E-state index contributed by atoms with van der Waals surface area (Å²) < 4.78 is 5.76. The van der Waals surface area contributed by atoms with E-state index in [2.05, 4.69) is 6.07 Å². The lowest BCUT2D eigenvalue weighted by Crippen LogP contribution is -2.47. The summed E-state index contributed by atoms with van der Waals surface area (Å²) in [7, 11) is 0. The maximum atomic E-state index is 14.0. The predicted octanol–water partition coefficient (Wildman–Crippen LogP) is 4.07. The molecular formula is C26H22N2O4. The molecule has 0 bridgehead atoms. The van der Waals surface area contributed by atoms with Gasteiger partial charge in [0, 0.05) is 22.7 Å². The van der Waals surface area contributed by atoms with Gasteiger partial charge in [-0.25, -0.2) is 0 Å². The minimum Gasteiger partial charge on any atom is -0.469 e. The Bertz CT molecular complexity index is 1220. The molecule has 3 atom stereocenters. The average molecular weight is 426 g/mol. The average Bonchev–Trinajstić information content (AvgIpc) is 3.45. The number of hydrogen-bond donors (Lipinski definition) is 0. The Labute approximate surface area is 185 Å². The first-order valence-electron chi connectivity index (χ1n) is 10.6. The van der Waals surface area contributed by atoms with Gasteiger partial charge in [0.25, 0.3) is 0 Å². The molecule has 0 N–H and O–H groups in total. The van der Waals surface area contributed by atoms with Crippen LogP contribution in [0.3, 0.4) is 0 Å². The van der Waals surface area contributed by atoms with E-state index in [1.807, 2.05) is 20.8 Å². The third kappa shape index (κ3) is 2.42. The van der Waals surface area contributed by atoms with Crippen molar-refractivity contribution >= 4 is 17.3 Å². The SMILES string of the molecule is CC(C)(C)C(=O)[C@@H]1[C@@H](c2ccco2)C2(C(=O)c3ccccc3C2=O)[C@@H]2C=CC(C#N)=CN12. The molecule has 1 spiro atoms. The van der Waals surface area contributed by atoms with Crippen molar-refractivity contribution in [1.29, 1.82) is 5.26 Å². The smallest absolute Gasteiger partial charge is 0.180 e. The van der Waals surface area contributed by atoms with Crippen LogP contribution in [0.5, 0.6) is 0 Å². The Balaban J connectivity index is 1.83. The van der Waals surface area contributed by atoms with Crippen molar-refractivity contribution in [2.75, 3.05) is 0 Å². The molecule has 0 unspecified atom stereocenters. The standard InChI is InChI=1S/C26H22N2O4/c1-25(2,3)24(31)21-20(18-9-6-12-32-18)26(19-11-10-15(13-27)14-28(19)21)22(29)16-7-4-5-8-17(16)23(26)30/h4-12,14,19-21H,1-3H3/t19-,20+,21-/m0/s1. The number of furan rings is 1. The maximum absolute atomic E-state index is 14.0. The zero-order chi connectivity index (χ0) is 22.8. The molecule has 160 valence electrons. The number of carbonyl (C=O) groups is 3. The largest absolute Gasteiger partial charge is 0.469 e. The van der Waals surface area contributed by atoms with E-state index in [1.165, 1.54) is 6.26 Å². The quantitative estimate of drug-likeness (QED) is 0.672. The zero-order valence-electron chi connectivity index (χ0n) is 18.0. The molecule has 32 heavy (non-hydrogen) atoms. The third-order valence-corrected chi connectivity index (χ3v) is 6.82. The Kier molecular flexibility index (Phi) is 4.19. The van der Waals surface area contributed by atoms with Crippen LogP contribution >= 0.6 is 0 Å². The number of fused-ring (bicyclic) bond motifs is 3. The fourth-order valence-electron chi connectivity index (χ4n) is 5.45. The van der Waals surface area contributed by atoms with Gasteiger partial charge in [-0.15, -0.1) is 0 Å². The van der Waals surface area contributed by atoms with Crippen molar-refractivity contribution in [2.45, 2.75) is 38.8 Å². The van der Waals surface area contributed by atoms with Gasteiger partial charge in [0.15, 0.2) is 17.3 Å². The predicted molar refractivity (Wildman–Crippen MR) is 116 cm³/mol. The molecule has 0 radical (unpaired) electrons. The molecule has 0 amide bonds. The van der Waals surface area contributed by atoms with Gasteiger partial charge in [-0.1, -0.05) is 51.1 Å². The highest BCUT2D eigenvalue weighted by molar-refractivity contribution is 6.31. The molecule has 6 nitrogen and oxygen atoms in total. The molecule has 1 aromatic carbocycles. The summed E-state index contributed by atoms with van der Waals surface area (Å²) in [6.45, 7) is 5.45. The minimum atomic E-state index is -1.55. The summed E-state index contributed by atoms with van der Waals surface area (Å²) in [5.41, 5.74) is -1.22. The van der Waals surface area contributed by atoms with E-state index in [0.29, 0.717) is 22.5 Å². The van der Waals surface area contributed by atoms with Crippen molar-refractivity contribution in [3.05, 3.63) is 83.5 Å². The van der Waals surface area contributed by atoms with Gasteiger partial charge in [-0.2, -0.15) is 5.26 Å². The second-order valence-electron chi connectivity index (χ2n) is 9.57. The first-order chi connectivity index (χ1) is 15.2. The second-order valence-corrected chi connectivity index (χ2v) is 9.57. The Morgan fingerprint density at radius 3 is 2.28 bits per heavy atom. The summed E-state index contributed by atoms with van der Waals surface area (Å²) in [6, 6.07) is 10.8. The molecule has 5 rings (SSSR count). The number of nitriles is 1. The fourth-order valence-corrected chi connectivity index (χ4v) is 5.45. The number of Topliss-reactive ketones (excluding diaryl/α,β-unsaturated/α-hetero) is 3. The topological polar surface area (TPSA) is 91.4 Å². The molecule has 1 saturated heterocycles. The van der Waals surface area contributed by atoms with E-state index < -0.39 is 28.8 Å². The van der Waals surface area contributed by atoms with Gasteiger partial charge >= 0.3 is 0 Å². The molecule has 3 heterocycles. The van der Waals surface area contributed by atoms with E-state index in [4.69, 9.17) is 4.42 Å². The molecule has 1 aromatic heterocycles. The van der Waals surface area contributed by atoms with Crippen LogP contribution in [0.15, 0.2) is 71.0 Å². The first kappa shape index (κ1) is 20.2. The number of benzene rings is 1. The molecule has 0 saturated carbocycles. The Morgan fingerprint density at radius 2 is 1.75 bits per heavy atom. The van der Waals surface area contributed by atoms with Crippen molar-refractivity contribution in [3.8, 4) is 6.07 Å². The van der Waals surface area contributed by atoms with Crippen molar-refractivity contribution in [1.82, 2.24) is 4.90 Å². The number of nitrogens with zero attached hydrogens (tertiary/aromatic N) is 2. The Morgan fingerprint density at radius 1 is 1.09 bits per heavy atom. The monoisotopic (exact) mass is 426 g/mol. The van der Waals surface area contributed by atoms with E-state index in [9.17, 15) is 19.6 Å². The van der Waals surface area contributed by atoms with Crippen LogP contribution in [-0.4, -0.2) is 34.3 Å². The van der Waals surface area contributed by atoms with Crippen LogP contribution in [0.1, 0.15) is 53.2 Å². The zero-order valence-corrected chi connectivity index (χ0v) is 18.0. The number of ketones is 3. The van der Waals surface area contributed by atoms with Gasteiger partial charge in [0.2, 0.25) is 0 Å². The third-order valence-electron chi connectivity index (χ3n) is 6.82. The lowest BCUT2D eigenvalue weighted by molar-refractivity contribution is -0.130. The number of rotatable bonds is 2. The van der Waals surface area contributed by atoms with E-state index >= 15 is 0 Å². The van der Waals surface area contributed by atoms with Gasteiger partial charge < -0.3 is 9.32 Å². The van der Waals surface area contributed by atoms with Crippen LogP contribution in [0.2, 0.25) is 0 Å². The van der Waals surface area contributed by atoms with Gasteiger partial charge in [0.05, 0.1) is 29.8 Å². The molecular weight excluding hydrogens is 404 g/mol. The minimum absolute atomic E-state index is 0.124. The Hall–Kier alpha value is -3.72. The van der Waals surface area contributed by atoms with Crippen LogP contribution in [0.4, 0.5) is 0 Å². The van der Waals surface area contributed by atoms with Gasteiger partial charge in [-0.3, -0.25) is 14.4 Å². The van der Waals surface area contributed by atoms with Crippen molar-refractivity contribution < 1.29 is 18.8 Å². The molecule has 1 aliphatic carbocycles. The summed E-state index contributed by atoms with van der Waals surface area (Å²) in [6.07, 6.45) is 6.43. The summed E-state index contributed by atoms with van der Waals surface area (Å²) in [4.78, 5) is 43.6. The second kappa shape index (κ2) is 6.64. The first-order valence-corrected chi connectivity index (χ1v) is 10.6. The van der Waals surface area contributed by atoms with Gasteiger partial charge in [0.1, 0.15) is 17.2 Å². The number of carbonyl (C=O) groups excluding carboxylic acids is 3. The fraction of sp³-hybridized carbons (Fsp3) is 0.308. The van der Waals surface area contributed by atoms with Crippen LogP contribution in [-0.2, 0) is 4.79 Å². The highest BCUT2D eigenvalue weighted by Gasteiger charge is 2.72. The summed E-state index contributed by atoms with van der Waals surface area (Å²) in [5, 5.41) is 9.51. The highest BCUT2D eigenvalue weighted by atomic mass is 16.3. The van der Waals surface area contributed by atoms with Crippen molar-refractivity contribution in [3.63, 3.8) is 0 Å². The van der Waals surface area contributed by atoms with Crippen molar-refractivity contribution in [2.24, 2.45) is 10.8 Å². The summed E-state index contributed by atoms with van der Waals surface area (Å²) in [5.74, 6) is -1.16. The molecule has 2 aromatic rings. The van der Waals surface area contributed by atoms with Gasteiger partial charge in [-0.05, 0) is 18.2 Å². The lowest BCUT2D eigenvalue weighted by atomic mass is 9.65. The number of allylic oxidation sites excluding steroid dienone is 2. The highest BCUT2D eigenvalue weighted by Crippen LogP contribution is 2.59. The van der Waals surface area contributed by atoms with Crippen LogP contribution in [0.25, 0.3) is 0 Å². The van der Waals surface area contributed by atoms with E-state index in [-0.39, 0.29) is 17.3 Å². The molecule has 3 aliphatic rings. The van der Waals surface area contributed by atoms with E-state index in [0.717, 1.165) is 0 Å². The molecule has 6 heteroatoms. The van der Waals surface area contributed by atoms with Crippen LogP contribution < -0.4 is 0 Å². The normalized spacial score (nSPS) is 25.5. The molecule has 2 aliphatic heterocycles. The lowest BCUT2D eigenvalue weighted by Gasteiger charge is -2.34. The maximum Gasteiger partial charge on any atom is 0.180 e. The van der Waals surface area contributed by atoms with Crippen LogP contribution in [0, 0.1) is 22.2 Å². The number of hydrogen-bond acceptors (Lipinski definition) is 6.